The molecule has 0 aromatic carbocycles. The molecule has 2 heteroatoms. The molecule has 1 aromatic rings. The van der Waals surface area contributed by atoms with Crippen molar-refractivity contribution in [3.8, 4) is 0 Å². The zero-order valence-electron chi connectivity index (χ0n) is 9.55. The molecular weight excluding hydrogens is 196 g/mol. The average Bonchev–Trinajstić information content (AvgIpc) is 2.39. The minimum absolute atomic E-state index is 0.674. The van der Waals surface area contributed by atoms with E-state index in [0.717, 1.165) is 5.92 Å². The van der Waals surface area contributed by atoms with E-state index in [1.54, 1.807) is 0 Å². The van der Waals surface area contributed by atoms with Crippen LogP contribution in [-0.4, -0.2) is 29.0 Å². The van der Waals surface area contributed by atoms with Gasteiger partial charge in [-0.15, -0.1) is 0 Å². The fraction of sp³-hybridized carbons (Fsp3) is 0.500. The molecule has 0 radical (unpaired) electrons. The largest absolute Gasteiger partial charge is 0.297 e. The minimum atomic E-state index is 0.674. The van der Waals surface area contributed by atoms with E-state index in [-0.39, 0.29) is 0 Å². The maximum Gasteiger partial charge on any atom is 0.0340 e. The van der Waals surface area contributed by atoms with Crippen LogP contribution in [0.2, 0.25) is 0 Å². The fourth-order valence-corrected chi connectivity index (χ4v) is 2.91. The molecule has 1 aromatic heterocycles. The number of pyridine rings is 1. The van der Waals surface area contributed by atoms with Gasteiger partial charge in [0, 0.05) is 18.4 Å². The number of hydrogen-bond acceptors (Lipinski definition) is 2. The lowest BCUT2D eigenvalue weighted by molar-refractivity contribution is 0.0740. The summed E-state index contributed by atoms with van der Waals surface area (Å²) in [5.74, 6) is 0.980. The van der Waals surface area contributed by atoms with Crippen LogP contribution in [0.25, 0.3) is 6.08 Å². The van der Waals surface area contributed by atoms with Crippen LogP contribution in [0.15, 0.2) is 30.6 Å². The monoisotopic (exact) mass is 214 g/mol. The van der Waals surface area contributed by atoms with E-state index in [4.69, 9.17) is 0 Å². The molecule has 84 valence electrons. The molecule has 3 aliphatic heterocycles. The van der Waals surface area contributed by atoms with Crippen LogP contribution >= 0.6 is 0 Å². The molecule has 0 saturated carbocycles. The van der Waals surface area contributed by atoms with Gasteiger partial charge < -0.3 is 0 Å². The SMILES string of the molecule is C(=C\C1CC2CCN1CC2)/c1cccnc1. The van der Waals surface area contributed by atoms with Crippen LogP contribution in [0, 0.1) is 5.92 Å². The van der Waals surface area contributed by atoms with Gasteiger partial charge in [0.1, 0.15) is 0 Å². The Morgan fingerprint density at radius 3 is 2.81 bits per heavy atom. The molecular formula is C14H18N2. The second-order valence-corrected chi connectivity index (χ2v) is 4.93. The smallest absolute Gasteiger partial charge is 0.0340 e. The van der Waals surface area contributed by atoms with Gasteiger partial charge in [-0.2, -0.15) is 0 Å². The number of rotatable bonds is 2. The maximum absolute atomic E-state index is 4.13. The summed E-state index contributed by atoms with van der Waals surface area (Å²) in [5, 5.41) is 0. The van der Waals surface area contributed by atoms with Crippen LogP contribution in [0.5, 0.6) is 0 Å². The molecule has 2 nitrogen and oxygen atoms in total. The Bertz CT molecular complexity index is 364. The first-order valence-electron chi connectivity index (χ1n) is 6.24. The molecule has 3 aliphatic rings. The van der Waals surface area contributed by atoms with Crippen molar-refractivity contribution in [3.63, 3.8) is 0 Å². The molecule has 0 N–H and O–H groups in total. The van der Waals surface area contributed by atoms with Gasteiger partial charge in [0.25, 0.3) is 0 Å². The van der Waals surface area contributed by atoms with E-state index < -0.39 is 0 Å². The Kier molecular flexibility index (Phi) is 2.75. The second-order valence-electron chi connectivity index (χ2n) is 4.93. The van der Waals surface area contributed by atoms with Crippen LogP contribution in [0.3, 0.4) is 0 Å². The van der Waals surface area contributed by atoms with Gasteiger partial charge in [-0.1, -0.05) is 18.2 Å². The molecule has 1 unspecified atom stereocenters. The molecule has 4 heterocycles. The highest BCUT2D eigenvalue weighted by atomic mass is 15.2. The number of nitrogens with zero attached hydrogens (tertiary/aromatic N) is 2. The first kappa shape index (κ1) is 10.0. The Balaban J connectivity index is 1.69. The van der Waals surface area contributed by atoms with E-state index in [9.17, 15) is 0 Å². The van der Waals surface area contributed by atoms with Gasteiger partial charge in [-0.3, -0.25) is 9.88 Å². The van der Waals surface area contributed by atoms with Crippen molar-refractivity contribution in [3.05, 3.63) is 36.2 Å². The Morgan fingerprint density at radius 2 is 2.19 bits per heavy atom. The third kappa shape index (κ3) is 2.03. The Hall–Kier alpha value is -1.15. The molecule has 3 fully saturated rings. The standard InChI is InChI=1S/C14H18N2/c1-2-13(11-15-7-1)3-4-14-10-12-5-8-16(14)9-6-12/h1-4,7,11-12,14H,5-6,8-10H2/b4-3+. The minimum Gasteiger partial charge on any atom is -0.297 e. The quantitative estimate of drug-likeness (QED) is 0.752. The van der Waals surface area contributed by atoms with Gasteiger partial charge >= 0.3 is 0 Å². The summed E-state index contributed by atoms with van der Waals surface area (Å²) in [6, 6.07) is 4.78. The highest BCUT2D eigenvalue weighted by molar-refractivity contribution is 5.48. The van der Waals surface area contributed by atoms with Crippen LogP contribution in [0.1, 0.15) is 24.8 Å². The first-order valence-corrected chi connectivity index (χ1v) is 6.24. The molecule has 0 aliphatic carbocycles. The lowest BCUT2D eigenvalue weighted by Crippen LogP contribution is -2.47. The normalized spacial score (nSPS) is 33.4. The molecule has 2 bridgehead atoms. The van der Waals surface area contributed by atoms with Crippen molar-refractivity contribution in [2.75, 3.05) is 13.1 Å². The van der Waals surface area contributed by atoms with E-state index in [1.807, 2.05) is 18.5 Å². The van der Waals surface area contributed by atoms with Gasteiger partial charge in [0.15, 0.2) is 0 Å². The van der Waals surface area contributed by atoms with Crippen molar-refractivity contribution in [1.29, 1.82) is 0 Å². The van der Waals surface area contributed by atoms with Crippen molar-refractivity contribution in [1.82, 2.24) is 9.88 Å². The van der Waals surface area contributed by atoms with Gasteiger partial charge in [-0.05, 0) is 49.9 Å². The summed E-state index contributed by atoms with van der Waals surface area (Å²) in [7, 11) is 0. The van der Waals surface area contributed by atoms with Gasteiger partial charge in [0.05, 0.1) is 0 Å². The molecule has 16 heavy (non-hydrogen) atoms. The number of hydrogen-bond donors (Lipinski definition) is 0. The number of fused-ring (bicyclic) bond motifs is 3. The highest BCUT2D eigenvalue weighted by Gasteiger charge is 2.31. The topological polar surface area (TPSA) is 16.1 Å². The van der Waals surface area contributed by atoms with Gasteiger partial charge in [-0.25, -0.2) is 0 Å². The Labute approximate surface area is 97.0 Å². The summed E-state index contributed by atoms with van der Waals surface area (Å²) in [6.45, 7) is 2.60. The van der Waals surface area contributed by atoms with E-state index in [1.165, 1.54) is 37.9 Å². The second kappa shape index (κ2) is 4.38. The van der Waals surface area contributed by atoms with Crippen molar-refractivity contribution < 1.29 is 0 Å². The average molecular weight is 214 g/mol. The molecule has 1 atom stereocenters. The fourth-order valence-electron chi connectivity index (χ4n) is 2.91. The van der Waals surface area contributed by atoms with Crippen LogP contribution < -0.4 is 0 Å². The van der Waals surface area contributed by atoms with Crippen LogP contribution in [0.4, 0.5) is 0 Å². The summed E-state index contributed by atoms with van der Waals surface area (Å²) < 4.78 is 0. The summed E-state index contributed by atoms with van der Waals surface area (Å²) in [6.07, 6.45) is 12.5. The third-order valence-electron chi connectivity index (χ3n) is 3.89. The van der Waals surface area contributed by atoms with Crippen molar-refractivity contribution in [2.45, 2.75) is 25.3 Å². The number of piperidine rings is 3. The molecule has 3 saturated heterocycles. The van der Waals surface area contributed by atoms with E-state index in [2.05, 4.69) is 28.1 Å². The molecule has 0 spiro atoms. The van der Waals surface area contributed by atoms with Gasteiger partial charge in [0.2, 0.25) is 0 Å². The highest BCUT2D eigenvalue weighted by Crippen LogP contribution is 2.32. The lowest BCUT2D eigenvalue weighted by atomic mass is 9.83. The third-order valence-corrected chi connectivity index (χ3v) is 3.89. The summed E-state index contributed by atoms with van der Waals surface area (Å²) in [5.41, 5.74) is 1.21. The Morgan fingerprint density at radius 1 is 1.31 bits per heavy atom. The van der Waals surface area contributed by atoms with Crippen molar-refractivity contribution >= 4 is 6.08 Å². The number of aromatic nitrogens is 1. The molecule has 4 rings (SSSR count). The van der Waals surface area contributed by atoms with Crippen LogP contribution in [-0.2, 0) is 0 Å². The predicted octanol–water partition coefficient (Wildman–Crippen LogP) is 2.58. The van der Waals surface area contributed by atoms with Crippen molar-refractivity contribution in [2.24, 2.45) is 5.92 Å². The zero-order chi connectivity index (χ0) is 10.8. The maximum atomic E-state index is 4.13. The predicted molar refractivity (Wildman–Crippen MR) is 66.0 cm³/mol. The van der Waals surface area contributed by atoms with E-state index in [0.29, 0.717) is 6.04 Å². The lowest BCUT2D eigenvalue weighted by Gasteiger charge is -2.44. The summed E-state index contributed by atoms with van der Waals surface area (Å²) in [4.78, 5) is 6.75. The summed E-state index contributed by atoms with van der Waals surface area (Å²) >= 11 is 0. The first-order chi connectivity index (χ1) is 7.92. The molecule has 0 amide bonds. The zero-order valence-corrected chi connectivity index (χ0v) is 9.55. The van der Waals surface area contributed by atoms with E-state index >= 15 is 0 Å².